The lowest BCUT2D eigenvalue weighted by Gasteiger charge is -2.34. The first-order valence-electron chi connectivity index (χ1n) is 10.3. The molecule has 30 heavy (non-hydrogen) atoms. The molecule has 0 radical (unpaired) electrons. The third kappa shape index (κ3) is 5.89. The summed E-state index contributed by atoms with van der Waals surface area (Å²) in [5.74, 6) is 0. The van der Waals surface area contributed by atoms with Gasteiger partial charge >= 0.3 is 6.09 Å². The molecule has 1 heterocycles. The number of hydrogen-bond donors (Lipinski definition) is 3. The van der Waals surface area contributed by atoms with Crippen molar-refractivity contribution in [3.8, 4) is 6.07 Å². The Hall–Kier alpha value is -3.21. The molecular formula is C22H30N6O2. The van der Waals surface area contributed by atoms with Gasteiger partial charge in [0.05, 0.1) is 29.2 Å². The van der Waals surface area contributed by atoms with Gasteiger partial charge in [0.2, 0.25) is 0 Å². The normalized spacial score (nSPS) is 18.9. The standard InChI is InChI=1S/C22H30N6O2/c1-22(2,3)30-21(29)27-19-8-6-5-7-18(19)25-16-10-9-15(12-23)20(11-16)26-17-13-24-28(4)14-17/h9-11,13-14,18-19,25-26H,5-8H2,1-4H3,(H,27,29)/t18-,19+/m1/s1. The first-order chi connectivity index (χ1) is 14.2. The molecule has 1 amide bonds. The van der Waals surface area contributed by atoms with Crippen LogP contribution in [0.3, 0.4) is 0 Å². The molecule has 2 atom stereocenters. The van der Waals surface area contributed by atoms with Gasteiger partial charge in [-0.3, -0.25) is 4.68 Å². The van der Waals surface area contributed by atoms with Crippen LogP contribution in [0.25, 0.3) is 0 Å². The molecule has 160 valence electrons. The smallest absolute Gasteiger partial charge is 0.407 e. The Balaban J connectivity index is 1.72. The molecule has 3 rings (SSSR count). The SMILES string of the molecule is Cn1cc(Nc2cc(N[C@@H]3CCCC[C@@H]3NC(=O)OC(C)(C)C)ccc2C#N)cn1. The van der Waals surface area contributed by atoms with E-state index in [1.165, 1.54) is 0 Å². The maximum Gasteiger partial charge on any atom is 0.407 e. The first kappa shape index (κ1) is 21.5. The van der Waals surface area contributed by atoms with E-state index >= 15 is 0 Å². The van der Waals surface area contributed by atoms with Crippen LogP contribution in [0.15, 0.2) is 30.6 Å². The van der Waals surface area contributed by atoms with Crippen molar-refractivity contribution in [3.63, 3.8) is 0 Å². The highest BCUT2D eigenvalue weighted by molar-refractivity contribution is 5.71. The number of benzene rings is 1. The second kappa shape index (κ2) is 9.08. The second-order valence-electron chi connectivity index (χ2n) is 8.69. The van der Waals surface area contributed by atoms with E-state index in [4.69, 9.17) is 4.74 Å². The van der Waals surface area contributed by atoms with Gasteiger partial charge in [0.1, 0.15) is 11.7 Å². The van der Waals surface area contributed by atoms with Crippen LogP contribution in [0.4, 0.5) is 21.9 Å². The minimum absolute atomic E-state index is 0.0148. The molecule has 1 saturated carbocycles. The van der Waals surface area contributed by atoms with Crippen LogP contribution in [0, 0.1) is 11.3 Å². The molecular weight excluding hydrogens is 380 g/mol. The van der Waals surface area contributed by atoms with Gasteiger partial charge in [-0.2, -0.15) is 10.4 Å². The van der Waals surface area contributed by atoms with Crippen LogP contribution >= 0.6 is 0 Å². The molecule has 1 aromatic heterocycles. The van der Waals surface area contributed by atoms with Crippen molar-refractivity contribution in [1.82, 2.24) is 15.1 Å². The molecule has 0 unspecified atom stereocenters. The van der Waals surface area contributed by atoms with E-state index in [-0.39, 0.29) is 18.2 Å². The number of aromatic nitrogens is 2. The van der Waals surface area contributed by atoms with Crippen molar-refractivity contribution in [1.29, 1.82) is 5.26 Å². The van der Waals surface area contributed by atoms with Crippen molar-refractivity contribution in [3.05, 3.63) is 36.2 Å². The molecule has 0 aliphatic heterocycles. The van der Waals surface area contributed by atoms with E-state index in [0.29, 0.717) is 11.3 Å². The van der Waals surface area contributed by atoms with Gasteiger partial charge in [0, 0.05) is 25.0 Å². The van der Waals surface area contributed by atoms with Crippen LogP contribution in [-0.4, -0.2) is 33.6 Å². The van der Waals surface area contributed by atoms with Crippen molar-refractivity contribution in [2.24, 2.45) is 7.05 Å². The Bertz CT molecular complexity index is 924. The largest absolute Gasteiger partial charge is 0.444 e. The number of anilines is 3. The predicted octanol–water partition coefficient (Wildman–Crippen LogP) is 4.28. The summed E-state index contributed by atoms with van der Waals surface area (Å²) in [6, 6.07) is 7.90. The Morgan fingerprint density at radius 1 is 1.23 bits per heavy atom. The quantitative estimate of drug-likeness (QED) is 0.679. The second-order valence-corrected chi connectivity index (χ2v) is 8.69. The zero-order valence-corrected chi connectivity index (χ0v) is 18.0. The van der Waals surface area contributed by atoms with Crippen molar-refractivity contribution in [2.45, 2.75) is 64.1 Å². The fraction of sp³-hybridized carbons (Fsp3) is 0.500. The Morgan fingerprint density at radius 2 is 1.97 bits per heavy atom. The fourth-order valence-corrected chi connectivity index (χ4v) is 3.63. The lowest BCUT2D eigenvalue weighted by molar-refractivity contribution is 0.0488. The Kier molecular flexibility index (Phi) is 6.50. The zero-order valence-electron chi connectivity index (χ0n) is 18.0. The average Bonchev–Trinajstić information content (AvgIpc) is 3.07. The van der Waals surface area contributed by atoms with Crippen LogP contribution in [0.5, 0.6) is 0 Å². The summed E-state index contributed by atoms with van der Waals surface area (Å²) >= 11 is 0. The number of rotatable bonds is 5. The number of nitrogens with zero attached hydrogens (tertiary/aromatic N) is 3. The highest BCUT2D eigenvalue weighted by Crippen LogP contribution is 2.27. The molecule has 1 aliphatic rings. The van der Waals surface area contributed by atoms with E-state index in [1.807, 2.05) is 46.1 Å². The number of aryl methyl sites for hydroxylation is 1. The molecule has 0 bridgehead atoms. The predicted molar refractivity (Wildman–Crippen MR) is 117 cm³/mol. The third-order valence-electron chi connectivity index (χ3n) is 4.94. The van der Waals surface area contributed by atoms with Crippen molar-refractivity contribution in [2.75, 3.05) is 10.6 Å². The number of ether oxygens (including phenoxy) is 1. The minimum Gasteiger partial charge on any atom is -0.444 e. The van der Waals surface area contributed by atoms with Gasteiger partial charge in [-0.1, -0.05) is 12.8 Å². The van der Waals surface area contributed by atoms with Gasteiger partial charge in [0.25, 0.3) is 0 Å². The summed E-state index contributed by atoms with van der Waals surface area (Å²) < 4.78 is 7.12. The van der Waals surface area contributed by atoms with E-state index in [0.717, 1.165) is 37.1 Å². The third-order valence-corrected chi connectivity index (χ3v) is 4.94. The van der Waals surface area contributed by atoms with Crippen LogP contribution < -0.4 is 16.0 Å². The molecule has 8 nitrogen and oxygen atoms in total. The van der Waals surface area contributed by atoms with Gasteiger partial charge in [-0.05, 0) is 51.8 Å². The number of nitriles is 1. The van der Waals surface area contributed by atoms with Crippen molar-refractivity contribution >= 4 is 23.2 Å². The lowest BCUT2D eigenvalue weighted by Crippen LogP contribution is -2.49. The Morgan fingerprint density at radius 3 is 2.60 bits per heavy atom. The fourth-order valence-electron chi connectivity index (χ4n) is 3.63. The molecule has 8 heteroatoms. The van der Waals surface area contributed by atoms with Crippen LogP contribution in [0.2, 0.25) is 0 Å². The van der Waals surface area contributed by atoms with Crippen LogP contribution in [0.1, 0.15) is 52.0 Å². The topological polar surface area (TPSA) is 104 Å². The molecule has 1 aliphatic carbocycles. The van der Waals surface area contributed by atoms with Gasteiger partial charge in [-0.15, -0.1) is 0 Å². The number of amides is 1. The number of alkyl carbamates (subject to hydrolysis) is 1. The van der Waals surface area contributed by atoms with E-state index in [2.05, 4.69) is 27.1 Å². The number of hydrogen-bond acceptors (Lipinski definition) is 6. The van der Waals surface area contributed by atoms with Gasteiger partial charge < -0.3 is 20.7 Å². The maximum absolute atomic E-state index is 12.3. The summed E-state index contributed by atoms with van der Waals surface area (Å²) in [5.41, 5.74) is 2.44. The number of carbonyl (C=O) groups excluding carboxylic acids is 1. The Labute approximate surface area is 177 Å². The van der Waals surface area contributed by atoms with E-state index in [9.17, 15) is 10.1 Å². The highest BCUT2D eigenvalue weighted by Gasteiger charge is 2.28. The molecule has 1 aromatic carbocycles. The molecule has 2 aromatic rings. The summed E-state index contributed by atoms with van der Waals surface area (Å²) in [5, 5.41) is 23.4. The van der Waals surface area contributed by atoms with E-state index < -0.39 is 5.60 Å². The average molecular weight is 411 g/mol. The summed E-state index contributed by atoms with van der Waals surface area (Å²) in [7, 11) is 1.84. The molecule has 3 N–H and O–H groups in total. The molecule has 1 fully saturated rings. The first-order valence-corrected chi connectivity index (χ1v) is 10.3. The number of nitrogens with one attached hydrogen (secondary N) is 3. The minimum atomic E-state index is -0.526. The van der Waals surface area contributed by atoms with Crippen molar-refractivity contribution < 1.29 is 9.53 Å². The summed E-state index contributed by atoms with van der Waals surface area (Å²) in [6.07, 6.45) is 7.19. The zero-order chi connectivity index (χ0) is 21.7. The summed E-state index contributed by atoms with van der Waals surface area (Å²) in [4.78, 5) is 12.3. The van der Waals surface area contributed by atoms with E-state index in [1.54, 1.807) is 16.9 Å². The van der Waals surface area contributed by atoms with Gasteiger partial charge in [0.15, 0.2) is 0 Å². The monoisotopic (exact) mass is 410 g/mol. The van der Waals surface area contributed by atoms with Gasteiger partial charge in [-0.25, -0.2) is 4.79 Å². The van der Waals surface area contributed by atoms with Crippen LogP contribution in [-0.2, 0) is 11.8 Å². The maximum atomic E-state index is 12.3. The molecule has 0 spiro atoms. The lowest BCUT2D eigenvalue weighted by atomic mass is 9.90. The summed E-state index contributed by atoms with van der Waals surface area (Å²) in [6.45, 7) is 5.57. The number of carbonyl (C=O) groups is 1. The highest BCUT2D eigenvalue weighted by atomic mass is 16.6. The molecule has 0 saturated heterocycles.